The molecular weight excluding hydrogens is 240 g/mol. The number of hydrogen-bond donors (Lipinski definition) is 2. The van der Waals surface area contributed by atoms with Crippen molar-refractivity contribution in [3.05, 3.63) is 18.5 Å². The van der Waals surface area contributed by atoms with E-state index >= 15 is 0 Å². The first-order chi connectivity index (χ1) is 8.18. The molecule has 1 unspecified atom stereocenters. The SMILES string of the molecule is O=S(=O)(NCCCn1cccn1)C1CCNC1. The molecule has 2 heterocycles. The lowest BCUT2D eigenvalue weighted by atomic mass is 10.4. The van der Waals surface area contributed by atoms with Gasteiger partial charge >= 0.3 is 0 Å². The summed E-state index contributed by atoms with van der Waals surface area (Å²) in [6.07, 6.45) is 5.04. The Hall–Kier alpha value is -0.920. The Morgan fingerprint density at radius 1 is 1.53 bits per heavy atom. The number of nitrogens with zero attached hydrogens (tertiary/aromatic N) is 2. The van der Waals surface area contributed by atoms with Gasteiger partial charge in [-0.3, -0.25) is 4.68 Å². The number of aryl methyl sites for hydroxylation is 1. The van der Waals surface area contributed by atoms with Gasteiger partial charge in [0.2, 0.25) is 10.0 Å². The van der Waals surface area contributed by atoms with E-state index in [1.807, 2.05) is 12.3 Å². The van der Waals surface area contributed by atoms with Crippen LogP contribution in [0.3, 0.4) is 0 Å². The van der Waals surface area contributed by atoms with Gasteiger partial charge in [-0.2, -0.15) is 5.10 Å². The van der Waals surface area contributed by atoms with Gasteiger partial charge in [0.25, 0.3) is 0 Å². The van der Waals surface area contributed by atoms with Crippen molar-refractivity contribution in [1.29, 1.82) is 0 Å². The molecule has 0 bridgehead atoms. The smallest absolute Gasteiger partial charge is 0.215 e. The summed E-state index contributed by atoms with van der Waals surface area (Å²) in [7, 11) is -3.14. The number of sulfonamides is 1. The van der Waals surface area contributed by atoms with Crippen LogP contribution >= 0.6 is 0 Å². The Morgan fingerprint density at radius 2 is 2.41 bits per heavy atom. The molecule has 1 atom stereocenters. The predicted octanol–water partition coefficient (Wildman–Crippen LogP) is -0.445. The van der Waals surface area contributed by atoms with E-state index in [1.54, 1.807) is 10.9 Å². The van der Waals surface area contributed by atoms with Crippen molar-refractivity contribution < 1.29 is 8.42 Å². The maximum Gasteiger partial charge on any atom is 0.215 e. The summed E-state index contributed by atoms with van der Waals surface area (Å²) in [6, 6.07) is 1.86. The van der Waals surface area contributed by atoms with Crippen molar-refractivity contribution in [2.45, 2.75) is 24.6 Å². The van der Waals surface area contributed by atoms with Gasteiger partial charge in [0.1, 0.15) is 0 Å². The molecule has 0 aromatic carbocycles. The van der Waals surface area contributed by atoms with Crippen LogP contribution in [0.5, 0.6) is 0 Å². The van der Waals surface area contributed by atoms with Gasteiger partial charge in [0, 0.05) is 32.0 Å². The average Bonchev–Trinajstić information content (AvgIpc) is 2.97. The maximum atomic E-state index is 11.8. The fourth-order valence-corrected chi connectivity index (χ4v) is 3.33. The second kappa shape index (κ2) is 5.61. The van der Waals surface area contributed by atoms with Gasteiger partial charge in [-0.25, -0.2) is 13.1 Å². The van der Waals surface area contributed by atoms with Gasteiger partial charge in [-0.05, 0) is 25.5 Å². The van der Waals surface area contributed by atoms with Crippen LogP contribution in [0.4, 0.5) is 0 Å². The van der Waals surface area contributed by atoms with Crippen molar-refractivity contribution in [3.63, 3.8) is 0 Å². The zero-order chi connectivity index (χ0) is 12.1. The summed E-state index contributed by atoms with van der Waals surface area (Å²) >= 11 is 0. The maximum absolute atomic E-state index is 11.8. The molecule has 1 aliphatic heterocycles. The summed E-state index contributed by atoms with van der Waals surface area (Å²) in [5.41, 5.74) is 0. The summed E-state index contributed by atoms with van der Waals surface area (Å²) in [5.74, 6) is 0. The van der Waals surface area contributed by atoms with E-state index < -0.39 is 10.0 Å². The lowest BCUT2D eigenvalue weighted by molar-refractivity contribution is 0.545. The molecule has 0 amide bonds. The molecule has 0 radical (unpaired) electrons. The van der Waals surface area contributed by atoms with Crippen LogP contribution in [-0.4, -0.2) is 43.1 Å². The minimum absolute atomic E-state index is 0.271. The Morgan fingerprint density at radius 3 is 3.06 bits per heavy atom. The molecule has 17 heavy (non-hydrogen) atoms. The molecular formula is C10H18N4O2S. The van der Waals surface area contributed by atoms with E-state index in [1.165, 1.54) is 0 Å². The highest BCUT2D eigenvalue weighted by atomic mass is 32.2. The fourth-order valence-electron chi connectivity index (χ4n) is 1.90. The highest BCUT2D eigenvalue weighted by Crippen LogP contribution is 2.07. The van der Waals surface area contributed by atoms with E-state index in [9.17, 15) is 8.42 Å². The van der Waals surface area contributed by atoms with E-state index in [4.69, 9.17) is 0 Å². The van der Waals surface area contributed by atoms with Crippen LogP contribution < -0.4 is 10.0 Å². The minimum atomic E-state index is -3.14. The second-order valence-electron chi connectivity index (χ2n) is 4.18. The molecule has 1 aromatic heterocycles. The van der Waals surface area contributed by atoms with Gasteiger partial charge in [0.05, 0.1) is 5.25 Å². The van der Waals surface area contributed by atoms with Crippen molar-refractivity contribution in [2.75, 3.05) is 19.6 Å². The summed E-state index contributed by atoms with van der Waals surface area (Å²) in [5, 5.41) is 6.84. The Bertz CT molecular complexity index is 423. The molecule has 2 N–H and O–H groups in total. The van der Waals surface area contributed by atoms with Crippen LogP contribution in [0.15, 0.2) is 18.5 Å². The average molecular weight is 258 g/mol. The predicted molar refractivity (Wildman–Crippen MR) is 65.0 cm³/mol. The number of rotatable bonds is 6. The normalized spacial score (nSPS) is 20.8. The number of hydrogen-bond acceptors (Lipinski definition) is 4. The standard InChI is InChI=1S/C10H18N4O2S/c15-17(16,10-3-6-11-9-10)13-5-2-8-14-7-1-4-12-14/h1,4,7,10-11,13H,2-3,5-6,8-9H2. The molecule has 7 heteroatoms. The van der Waals surface area contributed by atoms with Crippen molar-refractivity contribution >= 4 is 10.0 Å². The first kappa shape index (κ1) is 12.5. The van der Waals surface area contributed by atoms with Gasteiger partial charge in [-0.15, -0.1) is 0 Å². The first-order valence-corrected chi connectivity index (χ1v) is 7.40. The molecule has 2 rings (SSSR count). The van der Waals surface area contributed by atoms with Gasteiger partial charge in [0.15, 0.2) is 0 Å². The first-order valence-electron chi connectivity index (χ1n) is 5.85. The number of aromatic nitrogens is 2. The van der Waals surface area contributed by atoms with Crippen LogP contribution in [0.25, 0.3) is 0 Å². The van der Waals surface area contributed by atoms with E-state index in [0.717, 1.165) is 19.5 Å². The second-order valence-corrected chi connectivity index (χ2v) is 6.22. The molecule has 1 aliphatic rings. The minimum Gasteiger partial charge on any atom is -0.315 e. The van der Waals surface area contributed by atoms with Crippen LogP contribution in [-0.2, 0) is 16.6 Å². The Balaban J connectivity index is 1.70. The Kier molecular flexibility index (Phi) is 4.14. The van der Waals surface area contributed by atoms with E-state index in [0.29, 0.717) is 19.5 Å². The fraction of sp³-hybridized carbons (Fsp3) is 0.700. The monoisotopic (exact) mass is 258 g/mol. The summed E-state index contributed by atoms with van der Waals surface area (Å²) < 4.78 is 28.1. The molecule has 6 nitrogen and oxygen atoms in total. The van der Waals surface area contributed by atoms with Crippen LogP contribution in [0.2, 0.25) is 0 Å². The highest BCUT2D eigenvalue weighted by molar-refractivity contribution is 7.90. The quantitative estimate of drug-likeness (QED) is 0.678. The summed E-state index contributed by atoms with van der Waals surface area (Å²) in [6.45, 7) is 2.56. The van der Waals surface area contributed by atoms with Crippen LogP contribution in [0.1, 0.15) is 12.8 Å². The third-order valence-corrected chi connectivity index (χ3v) is 4.77. The molecule has 0 aliphatic carbocycles. The zero-order valence-corrected chi connectivity index (χ0v) is 10.5. The lowest BCUT2D eigenvalue weighted by Gasteiger charge is -2.11. The third kappa shape index (κ3) is 3.52. The zero-order valence-electron chi connectivity index (χ0n) is 9.67. The van der Waals surface area contributed by atoms with Crippen molar-refractivity contribution in [1.82, 2.24) is 19.8 Å². The molecule has 1 saturated heterocycles. The van der Waals surface area contributed by atoms with E-state index in [2.05, 4.69) is 15.1 Å². The molecule has 1 fully saturated rings. The summed E-state index contributed by atoms with van der Waals surface area (Å²) in [4.78, 5) is 0. The Labute approximate surface area is 101 Å². The number of nitrogens with one attached hydrogen (secondary N) is 2. The van der Waals surface area contributed by atoms with Crippen LogP contribution in [0, 0.1) is 0 Å². The lowest BCUT2D eigenvalue weighted by Crippen LogP contribution is -2.36. The molecule has 1 aromatic rings. The van der Waals surface area contributed by atoms with Gasteiger partial charge in [-0.1, -0.05) is 0 Å². The third-order valence-electron chi connectivity index (χ3n) is 2.88. The molecule has 96 valence electrons. The van der Waals surface area contributed by atoms with Crippen molar-refractivity contribution in [3.8, 4) is 0 Å². The van der Waals surface area contributed by atoms with Crippen molar-refractivity contribution in [2.24, 2.45) is 0 Å². The highest BCUT2D eigenvalue weighted by Gasteiger charge is 2.27. The van der Waals surface area contributed by atoms with E-state index in [-0.39, 0.29) is 5.25 Å². The molecule has 0 spiro atoms. The van der Waals surface area contributed by atoms with Gasteiger partial charge < -0.3 is 5.32 Å². The largest absolute Gasteiger partial charge is 0.315 e. The molecule has 0 saturated carbocycles. The topological polar surface area (TPSA) is 76.0 Å².